The van der Waals surface area contributed by atoms with Crippen molar-refractivity contribution in [3.8, 4) is 0 Å². The smallest absolute Gasteiger partial charge is 0.191 e. The normalized spacial score (nSPS) is 56.3. The van der Waals surface area contributed by atoms with Crippen LogP contribution in [0, 0.1) is 28.6 Å². The number of hydrogen-bond donors (Lipinski definition) is 1. The zero-order valence-corrected chi connectivity index (χ0v) is 16.1. The molecule has 3 saturated carbocycles. The number of allylic oxidation sites excluding steroid dienone is 4. The van der Waals surface area contributed by atoms with Gasteiger partial charge < -0.3 is 9.84 Å². The van der Waals surface area contributed by atoms with Gasteiger partial charge in [0.05, 0.1) is 6.10 Å². The number of carbonyl (C=O) groups is 2. The van der Waals surface area contributed by atoms with E-state index in [4.69, 9.17) is 4.74 Å². The molecule has 4 fully saturated rings. The fourth-order valence-corrected chi connectivity index (χ4v) is 7.72. The summed E-state index contributed by atoms with van der Waals surface area (Å²) < 4.78 is 22.8. The van der Waals surface area contributed by atoms with E-state index in [0.717, 1.165) is 12.0 Å². The van der Waals surface area contributed by atoms with E-state index in [-0.39, 0.29) is 42.3 Å². The zero-order chi connectivity index (χ0) is 19.4. The lowest BCUT2D eigenvalue weighted by Crippen LogP contribution is -2.72. The van der Waals surface area contributed by atoms with Crippen LogP contribution in [0.3, 0.4) is 0 Å². The summed E-state index contributed by atoms with van der Waals surface area (Å²) in [5.74, 6) is -0.359. The van der Waals surface area contributed by atoms with E-state index in [1.807, 2.05) is 20.8 Å². The van der Waals surface area contributed by atoms with E-state index < -0.39 is 28.2 Å². The third-order valence-corrected chi connectivity index (χ3v) is 9.03. The number of halogens is 1. The minimum absolute atomic E-state index is 0.0189. The summed E-state index contributed by atoms with van der Waals surface area (Å²) in [6, 6.07) is 0. The van der Waals surface area contributed by atoms with Crippen LogP contribution in [0.1, 0.15) is 46.5 Å². The van der Waals surface area contributed by atoms with Gasteiger partial charge in [-0.2, -0.15) is 0 Å². The molecule has 0 bridgehead atoms. The van der Waals surface area contributed by atoms with Crippen LogP contribution in [0.4, 0.5) is 4.39 Å². The Morgan fingerprint density at radius 3 is 2.63 bits per heavy atom. The lowest BCUT2D eigenvalue weighted by atomic mass is 9.44. The van der Waals surface area contributed by atoms with Crippen molar-refractivity contribution in [1.29, 1.82) is 0 Å². The molecular weight excluding hydrogens is 347 g/mol. The summed E-state index contributed by atoms with van der Waals surface area (Å²) in [5.41, 5.74) is -3.44. The Kier molecular flexibility index (Phi) is 3.27. The van der Waals surface area contributed by atoms with E-state index >= 15 is 4.39 Å². The van der Waals surface area contributed by atoms with Crippen molar-refractivity contribution in [3.05, 3.63) is 23.8 Å². The molecule has 5 aliphatic rings. The number of fused-ring (bicyclic) bond motifs is 6. The predicted octanol–water partition coefficient (Wildman–Crippen LogP) is 2.94. The van der Waals surface area contributed by atoms with Crippen molar-refractivity contribution in [2.24, 2.45) is 28.6 Å². The highest BCUT2D eigenvalue weighted by Crippen LogP contribution is 2.72. The average molecular weight is 374 g/mol. The molecule has 0 aromatic rings. The van der Waals surface area contributed by atoms with Crippen molar-refractivity contribution >= 4 is 11.6 Å². The topological polar surface area (TPSA) is 63.6 Å². The van der Waals surface area contributed by atoms with Crippen LogP contribution in [0.2, 0.25) is 0 Å². The fraction of sp³-hybridized carbons (Fsp3) is 0.727. The van der Waals surface area contributed by atoms with Crippen LogP contribution in [-0.4, -0.2) is 40.7 Å². The lowest BCUT2D eigenvalue weighted by Gasteiger charge is -2.64. The minimum atomic E-state index is -1.84. The second kappa shape index (κ2) is 4.98. The Morgan fingerprint density at radius 1 is 1.26 bits per heavy atom. The van der Waals surface area contributed by atoms with Crippen molar-refractivity contribution in [3.63, 3.8) is 0 Å². The van der Waals surface area contributed by atoms with Crippen LogP contribution in [0.25, 0.3) is 0 Å². The number of alkyl halides is 1. The Bertz CT molecular complexity index is 817. The highest BCUT2D eigenvalue weighted by molar-refractivity contribution is 6.01. The summed E-state index contributed by atoms with van der Waals surface area (Å²) in [6.45, 7) is 6.00. The van der Waals surface area contributed by atoms with Gasteiger partial charge in [-0.1, -0.05) is 25.5 Å². The monoisotopic (exact) mass is 374 g/mol. The molecule has 0 radical (unpaired) electrons. The van der Waals surface area contributed by atoms with Gasteiger partial charge in [-0.3, -0.25) is 9.59 Å². The highest BCUT2D eigenvalue weighted by Gasteiger charge is 2.78. The largest absolute Gasteiger partial charge is 0.390 e. The maximum atomic E-state index is 16.9. The molecule has 4 nitrogen and oxygen atoms in total. The summed E-state index contributed by atoms with van der Waals surface area (Å²) >= 11 is 0. The van der Waals surface area contributed by atoms with E-state index in [9.17, 15) is 14.7 Å². The summed E-state index contributed by atoms with van der Waals surface area (Å²) in [7, 11) is 0. The zero-order valence-electron chi connectivity index (χ0n) is 16.1. The molecule has 1 N–H and O–H groups in total. The molecule has 8 unspecified atom stereocenters. The number of aliphatic hydroxyl groups is 1. The van der Waals surface area contributed by atoms with Crippen LogP contribution in [0.5, 0.6) is 0 Å². The molecule has 5 rings (SSSR count). The second-order valence-corrected chi connectivity index (χ2v) is 9.85. The van der Waals surface area contributed by atoms with Crippen molar-refractivity contribution in [2.45, 2.75) is 63.8 Å². The lowest BCUT2D eigenvalue weighted by molar-refractivity contribution is -0.250. The predicted molar refractivity (Wildman–Crippen MR) is 96.6 cm³/mol. The summed E-state index contributed by atoms with van der Waals surface area (Å²) in [6.07, 6.45) is 5.65. The molecule has 0 amide bonds. The van der Waals surface area contributed by atoms with Gasteiger partial charge in [0.15, 0.2) is 17.2 Å². The van der Waals surface area contributed by atoms with Crippen LogP contribution in [0.15, 0.2) is 23.8 Å². The SMILES string of the molecule is CC1CC2C3CCC4=CC(=O)C=CC4(C)C3(F)C(O)CC2(C)C12OCC2=O. The average Bonchev–Trinajstić information content (AvgIpc) is 2.84. The van der Waals surface area contributed by atoms with Gasteiger partial charge in [-0.05, 0) is 56.6 Å². The maximum absolute atomic E-state index is 16.9. The van der Waals surface area contributed by atoms with E-state index in [1.165, 1.54) is 6.08 Å². The molecular formula is C22H27FO4. The third-order valence-electron chi connectivity index (χ3n) is 9.03. The molecule has 1 saturated heterocycles. The number of ketones is 2. The number of Topliss-reactive ketones (excluding diaryl/α,β-unsaturated/α-hetero) is 1. The van der Waals surface area contributed by atoms with Crippen LogP contribution < -0.4 is 0 Å². The van der Waals surface area contributed by atoms with Crippen molar-refractivity contribution in [2.75, 3.05) is 6.61 Å². The van der Waals surface area contributed by atoms with E-state index in [1.54, 1.807) is 12.2 Å². The highest BCUT2D eigenvalue weighted by atomic mass is 19.1. The summed E-state index contributed by atoms with van der Waals surface area (Å²) in [5, 5.41) is 11.2. The molecule has 1 spiro atoms. The summed E-state index contributed by atoms with van der Waals surface area (Å²) in [4.78, 5) is 24.5. The molecule has 5 heteroatoms. The number of ether oxygens (including phenoxy) is 1. The first-order valence-electron chi connectivity index (χ1n) is 10.1. The maximum Gasteiger partial charge on any atom is 0.191 e. The minimum Gasteiger partial charge on any atom is -0.390 e. The quantitative estimate of drug-likeness (QED) is 0.708. The van der Waals surface area contributed by atoms with Gasteiger partial charge in [0.1, 0.15) is 12.2 Å². The fourth-order valence-electron chi connectivity index (χ4n) is 7.72. The molecule has 8 atom stereocenters. The van der Waals surface area contributed by atoms with Crippen molar-refractivity contribution in [1.82, 2.24) is 0 Å². The van der Waals surface area contributed by atoms with Crippen LogP contribution in [-0.2, 0) is 14.3 Å². The van der Waals surface area contributed by atoms with Gasteiger partial charge in [-0.25, -0.2) is 4.39 Å². The molecule has 1 aliphatic heterocycles. The molecule has 1 heterocycles. The first kappa shape index (κ1) is 17.7. The number of hydrogen-bond acceptors (Lipinski definition) is 4. The first-order valence-corrected chi connectivity index (χ1v) is 10.1. The molecule has 146 valence electrons. The van der Waals surface area contributed by atoms with Crippen LogP contribution >= 0.6 is 0 Å². The van der Waals surface area contributed by atoms with E-state index in [2.05, 4.69) is 0 Å². The Morgan fingerprint density at radius 2 is 2.00 bits per heavy atom. The number of rotatable bonds is 0. The molecule has 4 aliphatic carbocycles. The van der Waals surface area contributed by atoms with Gasteiger partial charge >= 0.3 is 0 Å². The Labute approximate surface area is 158 Å². The number of carbonyl (C=O) groups excluding carboxylic acids is 2. The standard InChI is InChI=1S/C22H27FO4/c1-12-8-16-15-5-4-13-9-14(24)6-7-19(13,2)21(15,23)17(25)10-20(16,3)22(12)18(26)11-27-22/h6-7,9,12,15-17,25H,4-5,8,10-11H2,1-3H3. The Balaban J connectivity index is 1.64. The Hall–Kier alpha value is -1.33. The first-order chi connectivity index (χ1) is 12.6. The molecule has 0 aromatic carbocycles. The molecule has 0 aromatic heterocycles. The van der Waals surface area contributed by atoms with Gasteiger partial charge in [0.2, 0.25) is 0 Å². The number of aliphatic hydroxyl groups excluding tert-OH is 1. The van der Waals surface area contributed by atoms with Gasteiger partial charge in [-0.15, -0.1) is 0 Å². The van der Waals surface area contributed by atoms with Crippen molar-refractivity contribution < 1.29 is 23.8 Å². The van der Waals surface area contributed by atoms with E-state index in [0.29, 0.717) is 12.8 Å². The third kappa shape index (κ3) is 1.69. The molecule has 27 heavy (non-hydrogen) atoms. The second-order valence-electron chi connectivity index (χ2n) is 9.85. The van der Waals surface area contributed by atoms with Gasteiger partial charge in [0, 0.05) is 16.7 Å². The van der Waals surface area contributed by atoms with Gasteiger partial charge in [0.25, 0.3) is 0 Å².